The van der Waals surface area contributed by atoms with Gasteiger partial charge in [0, 0.05) is 9.79 Å². The van der Waals surface area contributed by atoms with Crippen molar-refractivity contribution in [1.82, 2.24) is 0 Å². The largest absolute Gasteiger partial charge is 0.497 e. The predicted molar refractivity (Wildman–Crippen MR) is 141 cm³/mol. The van der Waals surface area contributed by atoms with Gasteiger partial charge in [-0.25, -0.2) is 0 Å². The molecule has 0 saturated heterocycles. The van der Waals surface area contributed by atoms with E-state index in [0.29, 0.717) is 13.0 Å². The monoisotopic (exact) mass is 500 g/mol. The van der Waals surface area contributed by atoms with Crippen LogP contribution in [0.5, 0.6) is 17.2 Å². The van der Waals surface area contributed by atoms with Crippen LogP contribution >= 0.6 is 11.8 Å². The summed E-state index contributed by atoms with van der Waals surface area (Å²) in [4.78, 5) is 5.99. The van der Waals surface area contributed by atoms with Gasteiger partial charge in [-0.05, 0) is 97.1 Å². The van der Waals surface area contributed by atoms with Crippen molar-refractivity contribution < 1.29 is 14.2 Å². The molecule has 0 radical (unpaired) electrons. The lowest BCUT2D eigenvalue weighted by Crippen LogP contribution is -2.05. The van der Waals surface area contributed by atoms with Gasteiger partial charge in [-0.2, -0.15) is 5.26 Å². The second-order valence-electron chi connectivity index (χ2n) is 7.46. The number of nitriles is 1. The second-order valence-corrected chi connectivity index (χ2v) is 10.6. The highest BCUT2D eigenvalue weighted by molar-refractivity contribution is 7.99. The normalized spacial score (nSPS) is 10.6. The highest BCUT2D eigenvalue weighted by Crippen LogP contribution is 2.35. The number of benzene rings is 4. The van der Waals surface area contributed by atoms with Crippen molar-refractivity contribution >= 4 is 22.7 Å². The number of hydrogen-bond acceptors (Lipinski definition) is 5. The molecule has 0 unspecified atom stereocenters. The Morgan fingerprint density at radius 1 is 0.629 bits per heavy atom. The average Bonchev–Trinajstić information content (AvgIpc) is 2.92. The van der Waals surface area contributed by atoms with Crippen molar-refractivity contribution in [2.45, 2.75) is 30.9 Å². The Kier molecular flexibility index (Phi) is 8.61. The summed E-state index contributed by atoms with van der Waals surface area (Å²) in [5, 5.41) is 8.64. The predicted octanol–water partition coefficient (Wildman–Crippen LogP) is 7.24. The molecule has 0 atom stereocenters. The second kappa shape index (κ2) is 12.3. The van der Waals surface area contributed by atoms with Gasteiger partial charge in [0.1, 0.15) is 23.9 Å². The van der Waals surface area contributed by atoms with E-state index in [1.165, 1.54) is 19.6 Å². The molecular formula is C29H26NO3S2+. The minimum Gasteiger partial charge on any atom is -0.497 e. The van der Waals surface area contributed by atoms with Crippen LogP contribution in [0, 0.1) is 11.3 Å². The molecule has 4 aromatic rings. The third-order valence-corrected chi connectivity index (χ3v) is 8.44. The number of methoxy groups -OCH3 is 2. The van der Waals surface area contributed by atoms with Crippen molar-refractivity contribution in [3.05, 3.63) is 97.1 Å². The Bertz CT molecular complexity index is 1200. The van der Waals surface area contributed by atoms with E-state index >= 15 is 0 Å². The van der Waals surface area contributed by atoms with E-state index in [0.717, 1.165) is 22.1 Å². The first-order chi connectivity index (χ1) is 17.2. The summed E-state index contributed by atoms with van der Waals surface area (Å²) < 4.78 is 16.3. The number of nitrogens with zero attached hydrogens (tertiary/aromatic N) is 1. The first kappa shape index (κ1) is 24.6. The standard InChI is InChI=1S/C29H26NO3S2/c1-31-22-6-14-27(15-7-22)35(28-16-8-23(32-2)9-17-28)29-18-12-26(13-19-29)34-25-10-4-24(5-11-25)33-21-3-20-30/h4-19H,3,21H2,1-2H3/q+1. The lowest BCUT2D eigenvalue weighted by molar-refractivity contribution is 0.326. The number of hydrogen-bond donors (Lipinski definition) is 0. The minimum absolute atomic E-state index is 0.257. The Morgan fingerprint density at radius 3 is 1.46 bits per heavy atom. The fourth-order valence-electron chi connectivity index (χ4n) is 3.43. The third kappa shape index (κ3) is 6.54. The summed E-state index contributed by atoms with van der Waals surface area (Å²) in [6.07, 6.45) is 0.386. The maximum Gasteiger partial charge on any atom is 0.166 e. The van der Waals surface area contributed by atoms with Crippen molar-refractivity contribution in [3.8, 4) is 23.3 Å². The van der Waals surface area contributed by atoms with Gasteiger partial charge < -0.3 is 14.2 Å². The highest BCUT2D eigenvalue weighted by Gasteiger charge is 2.28. The summed E-state index contributed by atoms with van der Waals surface area (Å²) in [5.74, 6) is 2.48. The van der Waals surface area contributed by atoms with Crippen LogP contribution in [0.1, 0.15) is 6.42 Å². The van der Waals surface area contributed by atoms with Crippen LogP contribution in [0.25, 0.3) is 0 Å². The average molecular weight is 501 g/mol. The van der Waals surface area contributed by atoms with Gasteiger partial charge in [-0.15, -0.1) is 0 Å². The zero-order valence-electron chi connectivity index (χ0n) is 19.6. The van der Waals surface area contributed by atoms with Crippen LogP contribution in [0.4, 0.5) is 0 Å². The Labute approximate surface area is 213 Å². The maximum atomic E-state index is 8.64. The lowest BCUT2D eigenvalue weighted by atomic mass is 10.3. The molecule has 4 rings (SSSR count). The molecule has 6 heteroatoms. The van der Waals surface area contributed by atoms with Gasteiger partial charge in [0.05, 0.1) is 37.6 Å². The lowest BCUT2D eigenvalue weighted by Gasteiger charge is -2.10. The van der Waals surface area contributed by atoms with Gasteiger partial charge >= 0.3 is 0 Å². The molecule has 0 aliphatic heterocycles. The van der Waals surface area contributed by atoms with Crippen molar-refractivity contribution in [3.63, 3.8) is 0 Å². The smallest absolute Gasteiger partial charge is 0.166 e. The van der Waals surface area contributed by atoms with Crippen LogP contribution in [0.3, 0.4) is 0 Å². The van der Waals surface area contributed by atoms with Crippen LogP contribution in [0.15, 0.2) is 122 Å². The van der Waals surface area contributed by atoms with E-state index < -0.39 is 0 Å². The molecule has 0 N–H and O–H groups in total. The van der Waals surface area contributed by atoms with Crippen molar-refractivity contribution in [2.24, 2.45) is 0 Å². The molecule has 0 saturated carbocycles. The SMILES string of the molecule is COc1ccc([S+](c2ccc(OC)cc2)c2ccc(Sc3ccc(OCCC#N)cc3)cc2)cc1. The molecule has 0 aliphatic rings. The summed E-state index contributed by atoms with van der Waals surface area (Å²) in [6.45, 7) is 0.411. The molecule has 0 fully saturated rings. The summed E-state index contributed by atoms with van der Waals surface area (Å²) >= 11 is 1.71. The quantitative estimate of drug-likeness (QED) is 0.170. The molecule has 176 valence electrons. The van der Waals surface area contributed by atoms with Crippen LogP contribution in [-0.4, -0.2) is 20.8 Å². The van der Waals surface area contributed by atoms with Crippen LogP contribution in [-0.2, 0) is 10.9 Å². The van der Waals surface area contributed by atoms with E-state index in [2.05, 4.69) is 54.6 Å². The van der Waals surface area contributed by atoms with E-state index in [4.69, 9.17) is 19.5 Å². The van der Waals surface area contributed by atoms with Crippen molar-refractivity contribution in [2.75, 3.05) is 20.8 Å². The van der Waals surface area contributed by atoms with Crippen molar-refractivity contribution in [1.29, 1.82) is 5.26 Å². The fraction of sp³-hybridized carbons (Fsp3) is 0.138. The third-order valence-electron chi connectivity index (χ3n) is 5.19. The highest BCUT2D eigenvalue weighted by atomic mass is 32.2. The topological polar surface area (TPSA) is 51.5 Å². The van der Waals surface area contributed by atoms with Gasteiger partial charge in [-0.3, -0.25) is 0 Å². The Hall–Kier alpha value is -3.53. The molecule has 4 aromatic carbocycles. The first-order valence-electron chi connectivity index (χ1n) is 11.1. The molecule has 35 heavy (non-hydrogen) atoms. The molecule has 4 nitrogen and oxygen atoms in total. The van der Waals surface area contributed by atoms with Gasteiger partial charge in [-0.1, -0.05) is 11.8 Å². The van der Waals surface area contributed by atoms with E-state index in [1.807, 2.05) is 48.5 Å². The summed E-state index contributed by atoms with van der Waals surface area (Å²) in [7, 11) is 3.11. The molecule has 0 aliphatic carbocycles. The molecule has 0 amide bonds. The molecular weight excluding hydrogens is 474 g/mol. The molecule has 0 heterocycles. The minimum atomic E-state index is -0.257. The summed E-state index contributed by atoms with van der Waals surface area (Å²) in [5.41, 5.74) is 0. The molecule has 0 bridgehead atoms. The zero-order valence-corrected chi connectivity index (χ0v) is 21.3. The molecule has 0 aromatic heterocycles. The van der Waals surface area contributed by atoms with Crippen LogP contribution in [0.2, 0.25) is 0 Å². The van der Waals surface area contributed by atoms with Crippen LogP contribution < -0.4 is 14.2 Å². The number of rotatable bonds is 10. The Balaban J connectivity index is 1.54. The molecule has 0 spiro atoms. The first-order valence-corrected chi connectivity index (χ1v) is 13.1. The maximum absolute atomic E-state index is 8.64. The summed E-state index contributed by atoms with van der Waals surface area (Å²) in [6, 6.07) is 35.4. The van der Waals surface area contributed by atoms with Gasteiger partial charge in [0.15, 0.2) is 14.7 Å². The zero-order chi connectivity index (χ0) is 24.5. The van der Waals surface area contributed by atoms with E-state index in [1.54, 1.807) is 26.0 Å². The van der Waals surface area contributed by atoms with Gasteiger partial charge in [0.2, 0.25) is 0 Å². The van der Waals surface area contributed by atoms with E-state index in [9.17, 15) is 0 Å². The fourth-order valence-corrected chi connectivity index (χ4v) is 6.29. The Morgan fingerprint density at radius 2 is 1.03 bits per heavy atom. The van der Waals surface area contributed by atoms with E-state index in [-0.39, 0.29) is 10.9 Å². The van der Waals surface area contributed by atoms with Gasteiger partial charge in [0.25, 0.3) is 0 Å². The number of ether oxygens (including phenoxy) is 3.